The Labute approximate surface area is 175 Å². The maximum absolute atomic E-state index is 9.71. The van der Waals surface area contributed by atoms with Gasteiger partial charge in [0, 0.05) is 56.1 Å². The number of fused-ring (bicyclic) bond motifs is 1. The summed E-state index contributed by atoms with van der Waals surface area (Å²) in [7, 11) is 0. The Balaban J connectivity index is 1.40. The van der Waals surface area contributed by atoms with Crippen molar-refractivity contribution in [2.24, 2.45) is 0 Å². The van der Waals surface area contributed by atoms with Crippen molar-refractivity contribution >= 4 is 16.7 Å². The van der Waals surface area contributed by atoms with Crippen molar-refractivity contribution in [3.63, 3.8) is 0 Å². The minimum absolute atomic E-state index is 0.321. The monoisotopic (exact) mass is 397 g/mol. The van der Waals surface area contributed by atoms with Gasteiger partial charge in [-0.25, -0.2) is 9.97 Å². The third-order valence-electron chi connectivity index (χ3n) is 5.49. The molecule has 3 heterocycles. The van der Waals surface area contributed by atoms with E-state index in [0.29, 0.717) is 11.6 Å². The molecule has 0 aliphatic carbocycles. The van der Waals surface area contributed by atoms with Crippen LogP contribution in [0.3, 0.4) is 0 Å². The Morgan fingerprint density at radius 2 is 1.73 bits per heavy atom. The van der Waals surface area contributed by atoms with Gasteiger partial charge in [-0.15, -0.1) is 0 Å². The second-order valence-electron chi connectivity index (χ2n) is 7.56. The van der Waals surface area contributed by atoms with E-state index in [1.165, 1.54) is 0 Å². The van der Waals surface area contributed by atoms with E-state index in [1.54, 1.807) is 18.5 Å². The molecule has 0 amide bonds. The van der Waals surface area contributed by atoms with Gasteiger partial charge in [0.2, 0.25) is 0 Å². The summed E-state index contributed by atoms with van der Waals surface area (Å²) in [6.07, 6.45) is 3.57. The summed E-state index contributed by atoms with van der Waals surface area (Å²) in [4.78, 5) is 18.7. The number of para-hydroxylation sites is 1. The van der Waals surface area contributed by atoms with Gasteiger partial charge in [0.15, 0.2) is 5.82 Å². The molecule has 1 saturated heterocycles. The lowest BCUT2D eigenvalue weighted by Crippen LogP contribution is -2.46. The van der Waals surface area contributed by atoms with Gasteiger partial charge in [0.1, 0.15) is 11.6 Å². The van der Waals surface area contributed by atoms with Gasteiger partial charge in [0.25, 0.3) is 0 Å². The van der Waals surface area contributed by atoms with Crippen molar-refractivity contribution in [1.82, 2.24) is 19.9 Å². The Morgan fingerprint density at radius 3 is 2.53 bits per heavy atom. The molecule has 5 rings (SSSR count). The highest BCUT2D eigenvalue weighted by Crippen LogP contribution is 2.28. The number of rotatable bonds is 4. The minimum Gasteiger partial charge on any atom is -0.508 e. The van der Waals surface area contributed by atoms with Gasteiger partial charge >= 0.3 is 0 Å². The number of benzene rings is 2. The molecule has 1 N–H and O–H groups in total. The van der Waals surface area contributed by atoms with Crippen molar-refractivity contribution in [2.75, 3.05) is 31.1 Å². The standard InChI is InChI=1S/C24H23N5O/c30-20-7-3-5-18(15-20)17-28-11-13-29(14-12-28)24-21-8-1-2-9-22(21)26-23(27-24)19-6-4-10-25-16-19/h1-10,15-16,30H,11-14,17H2. The van der Waals surface area contributed by atoms with E-state index in [-0.39, 0.29) is 0 Å². The van der Waals surface area contributed by atoms with Crippen molar-refractivity contribution in [2.45, 2.75) is 6.54 Å². The number of aromatic nitrogens is 3. The van der Waals surface area contributed by atoms with Crippen LogP contribution in [0.4, 0.5) is 5.82 Å². The Kier molecular flexibility index (Phi) is 4.99. The Hall–Kier alpha value is -3.51. The lowest BCUT2D eigenvalue weighted by Gasteiger charge is -2.36. The molecule has 0 saturated carbocycles. The van der Waals surface area contributed by atoms with Crippen LogP contribution >= 0.6 is 0 Å². The summed E-state index contributed by atoms with van der Waals surface area (Å²) >= 11 is 0. The number of hydrogen-bond donors (Lipinski definition) is 1. The quantitative estimate of drug-likeness (QED) is 0.566. The molecule has 150 valence electrons. The zero-order valence-corrected chi connectivity index (χ0v) is 16.6. The van der Waals surface area contributed by atoms with Gasteiger partial charge in [-0.2, -0.15) is 0 Å². The number of aromatic hydroxyl groups is 1. The van der Waals surface area contributed by atoms with Crippen molar-refractivity contribution < 1.29 is 5.11 Å². The van der Waals surface area contributed by atoms with Crippen LogP contribution in [-0.4, -0.2) is 51.1 Å². The Bertz CT molecular complexity index is 1160. The molecule has 0 atom stereocenters. The Morgan fingerprint density at radius 1 is 0.867 bits per heavy atom. The van der Waals surface area contributed by atoms with Crippen molar-refractivity contribution in [3.05, 3.63) is 78.6 Å². The molecule has 2 aromatic heterocycles. The summed E-state index contributed by atoms with van der Waals surface area (Å²) in [5.41, 5.74) is 3.00. The van der Waals surface area contributed by atoms with Gasteiger partial charge < -0.3 is 10.0 Å². The molecule has 1 aliphatic rings. The van der Waals surface area contributed by atoms with Gasteiger partial charge in [0.05, 0.1) is 5.52 Å². The van der Waals surface area contributed by atoms with E-state index in [1.807, 2.05) is 42.5 Å². The zero-order chi connectivity index (χ0) is 20.3. The SMILES string of the molecule is Oc1cccc(CN2CCN(c3nc(-c4cccnc4)nc4ccccc34)CC2)c1. The first-order valence-electron chi connectivity index (χ1n) is 10.2. The van der Waals surface area contributed by atoms with Crippen LogP contribution in [0.2, 0.25) is 0 Å². The summed E-state index contributed by atoms with van der Waals surface area (Å²) in [6.45, 7) is 4.51. The number of hydrogen-bond acceptors (Lipinski definition) is 6. The van der Waals surface area contributed by atoms with E-state index in [4.69, 9.17) is 9.97 Å². The second-order valence-corrected chi connectivity index (χ2v) is 7.56. The predicted molar refractivity (Wildman–Crippen MR) is 118 cm³/mol. The fourth-order valence-electron chi connectivity index (χ4n) is 3.96. The van der Waals surface area contributed by atoms with Crippen molar-refractivity contribution in [1.29, 1.82) is 0 Å². The van der Waals surface area contributed by atoms with E-state index in [9.17, 15) is 5.11 Å². The third-order valence-corrected chi connectivity index (χ3v) is 5.49. The molecule has 6 heteroatoms. The second kappa shape index (κ2) is 8.08. The molecule has 0 radical (unpaired) electrons. The van der Waals surface area contributed by atoms with Gasteiger partial charge in [-0.05, 0) is 42.0 Å². The number of nitrogens with zero attached hydrogens (tertiary/aromatic N) is 5. The van der Waals surface area contributed by atoms with Crippen molar-refractivity contribution in [3.8, 4) is 17.1 Å². The first-order chi connectivity index (χ1) is 14.8. The van der Waals surface area contributed by atoms with Gasteiger partial charge in [-0.3, -0.25) is 9.88 Å². The molecule has 0 bridgehead atoms. The highest BCUT2D eigenvalue weighted by molar-refractivity contribution is 5.91. The smallest absolute Gasteiger partial charge is 0.163 e. The summed E-state index contributed by atoms with van der Waals surface area (Å²) in [5, 5.41) is 10.8. The normalized spacial score (nSPS) is 14.9. The van der Waals surface area contributed by atoms with E-state index in [2.05, 4.69) is 26.9 Å². The zero-order valence-electron chi connectivity index (χ0n) is 16.6. The highest BCUT2D eigenvalue weighted by atomic mass is 16.3. The lowest BCUT2D eigenvalue weighted by molar-refractivity contribution is 0.249. The van der Waals surface area contributed by atoms with Crippen LogP contribution in [0.25, 0.3) is 22.3 Å². The minimum atomic E-state index is 0.321. The number of phenols is 1. The number of pyridine rings is 1. The molecule has 0 unspecified atom stereocenters. The molecular weight excluding hydrogens is 374 g/mol. The van der Waals surface area contributed by atoms with Crippen LogP contribution in [0.1, 0.15) is 5.56 Å². The van der Waals surface area contributed by atoms with E-state index < -0.39 is 0 Å². The summed E-state index contributed by atoms with van der Waals surface area (Å²) in [6, 6.07) is 19.6. The first-order valence-corrected chi connectivity index (χ1v) is 10.2. The maximum Gasteiger partial charge on any atom is 0.163 e. The maximum atomic E-state index is 9.71. The average molecular weight is 397 g/mol. The fourth-order valence-corrected chi connectivity index (χ4v) is 3.96. The summed E-state index contributed by atoms with van der Waals surface area (Å²) in [5.74, 6) is 2.01. The number of piperazine rings is 1. The molecule has 1 fully saturated rings. The molecule has 30 heavy (non-hydrogen) atoms. The van der Waals surface area contributed by atoms with Gasteiger partial charge in [-0.1, -0.05) is 24.3 Å². The molecule has 2 aromatic carbocycles. The highest BCUT2D eigenvalue weighted by Gasteiger charge is 2.21. The van der Waals surface area contributed by atoms with E-state index in [0.717, 1.165) is 60.6 Å². The first kappa shape index (κ1) is 18.5. The molecule has 4 aromatic rings. The number of phenolic OH excluding ortho intramolecular Hbond substituents is 1. The largest absolute Gasteiger partial charge is 0.508 e. The third kappa shape index (κ3) is 3.82. The topological polar surface area (TPSA) is 65.4 Å². The average Bonchev–Trinajstić information content (AvgIpc) is 2.79. The van der Waals surface area contributed by atoms with Crippen LogP contribution < -0.4 is 4.90 Å². The fraction of sp³-hybridized carbons (Fsp3) is 0.208. The molecule has 6 nitrogen and oxygen atoms in total. The molecular formula is C24H23N5O. The van der Waals surface area contributed by atoms with Crippen LogP contribution in [0.5, 0.6) is 5.75 Å². The summed E-state index contributed by atoms with van der Waals surface area (Å²) < 4.78 is 0. The predicted octanol–water partition coefficient (Wildman–Crippen LogP) is 3.72. The molecule has 1 aliphatic heterocycles. The van der Waals surface area contributed by atoms with E-state index >= 15 is 0 Å². The lowest BCUT2D eigenvalue weighted by atomic mass is 10.1. The van der Waals surface area contributed by atoms with Crippen LogP contribution in [-0.2, 0) is 6.54 Å². The molecule has 0 spiro atoms. The van der Waals surface area contributed by atoms with Crippen LogP contribution in [0, 0.1) is 0 Å². The number of anilines is 1. The van der Waals surface area contributed by atoms with Crippen LogP contribution in [0.15, 0.2) is 73.1 Å².